The molecular weight excluding hydrogens is 316 g/mol. The van der Waals surface area contributed by atoms with Gasteiger partial charge in [-0.15, -0.1) is 0 Å². The third-order valence-electron chi connectivity index (χ3n) is 3.54. The summed E-state index contributed by atoms with van der Waals surface area (Å²) in [5, 5.41) is 5.19. The van der Waals surface area contributed by atoms with Gasteiger partial charge in [-0.2, -0.15) is 0 Å². The number of anilines is 2. The van der Waals surface area contributed by atoms with E-state index in [9.17, 15) is 9.59 Å². The lowest BCUT2D eigenvalue weighted by atomic mass is 10.0. The van der Waals surface area contributed by atoms with E-state index in [1.807, 2.05) is 32.0 Å². The molecule has 0 heterocycles. The molecule has 2 aromatic carbocycles. The molecule has 0 unspecified atom stereocenters. The molecule has 2 amide bonds. The first kappa shape index (κ1) is 18.5. The zero-order chi connectivity index (χ0) is 18.4. The number of hydrogen-bond acceptors (Lipinski definition) is 3. The van der Waals surface area contributed by atoms with Crippen molar-refractivity contribution in [2.24, 2.45) is 0 Å². The molecule has 5 nitrogen and oxygen atoms in total. The van der Waals surface area contributed by atoms with Gasteiger partial charge in [0.15, 0.2) is 0 Å². The van der Waals surface area contributed by atoms with Crippen molar-refractivity contribution in [3.63, 3.8) is 0 Å². The molecule has 0 aliphatic rings. The molecular formula is C20H24N2O3. The Bertz CT molecular complexity index is 737. The monoisotopic (exact) mass is 340 g/mol. The topological polar surface area (TPSA) is 67.4 Å². The van der Waals surface area contributed by atoms with Gasteiger partial charge in [0.2, 0.25) is 0 Å². The van der Waals surface area contributed by atoms with Crippen LogP contribution in [0, 0.1) is 0 Å². The van der Waals surface area contributed by atoms with Crippen molar-refractivity contribution in [3.8, 4) is 5.75 Å². The summed E-state index contributed by atoms with van der Waals surface area (Å²) in [5.74, 6) is -0.533. The molecule has 5 heteroatoms. The lowest BCUT2D eigenvalue weighted by Gasteiger charge is -2.14. The van der Waals surface area contributed by atoms with Crippen molar-refractivity contribution in [3.05, 3.63) is 54.1 Å². The minimum absolute atomic E-state index is 0.0358. The third kappa shape index (κ3) is 5.35. The van der Waals surface area contributed by atoms with Crippen molar-refractivity contribution < 1.29 is 14.3 Å². The molecule has 2 aromatic rings. The lowest BCUT2D eigenvalue weighted by molar-refractivity contribution is -0.133. The second-order valence-electron chi connectivity index (χ2n) is 6.35. The van der Waals surface area contributed by atoms with Crippen LogP contribution >= 0.6 is 0 Å². The highest BCUT2D eigenvalue weighted by Crippen LogP contribution is 2.25. The van der Waals surface area contributed by atoms with E-state index in [4.69, 9.17) is 4.74 Å². The number of para-hydroxylation sites is 2. The summed E-state index contributed by atoms with van der Waals surface area (Å²) in [4.78, 5) is 24.3. The fourth-order valence-corrected chi connectivity index (χ4v) is 2.24. The Morgan fingerprint density at radius 1 is 0.840 bits per heavy atom. The predicted molar refractivity (Wildman–Crippen MR) is 100.0 cm³/mol. The van der Waals surface area contributed by atoms with Crippen LogP contribution in [0.3, 0.4) is 0 Å². The summed E-state index contributed by atoms with van der Waals surface area (Å²) < 4.78 is 5.63. The quantitative estimate of drug-likeness (QED) is 0.803. The normalized spacial score (nSPS) is 10.6. The van der Waals surface area contributed by atoms with Gasteiger partial charge in [0.05, 0.1) is 11.8 Å². The first-order chi connectivity index (χ1) is 11.9. The van der Waals surface area contributed by atoms with Gasteiger partial charge in [-0.3, -0.25) is 9.59 Å². The van der Waals surface area contributed by atoms with E-state index in [2.05, 4.69) is 24.5 Å². The highest BCUT2D eigenvalue weighted by Gasteiger charge is 2.16. The molecule has 0 saturated heterocycles. The molecule has 0 bridgehead atoms. The number of nitrogens with one attached hydrogen (secondary N) is 2. The van der Waals surface area contributed by atoms with Crippen molar-refractivity contribution >= 4 is 23.2 Å². The van der Waals surface area contributed by atoms with Gasteiger partial charge >= 0.3 is 11.8 Å². The maximum Gasteiger partial charge on any atom is 0.314 e. The highest BCUT2D eigenvalue weighted by molar-refractivity contribution is 6.43. The molecule has 2 rings (SSSR count). The molecule has 132 valence electrons. The fourth-order valence-electron chi connectivity index (χ4n) is 2.24. The smallest absolute Gasteiger partial charge is 0.314 e. The third-order valence-corrected chi connectivity index (χ3v) is 3.54. The standard InChI is InChI=1S/C20H24N2O3/c1-13(2)15-9-11-16(12-10-15)21-19(23)20(24)22-17-7-5-6-8-18(17)25-14(3)4/h5-14H,1-4H3,(H,21,23)(H,22,24). The van der Waals surface area contributed by atoms with E-state index in [0.717, 1.165) is 0 Å². The molecule has 0 atom stereocenters. The number of carbonyl (C=O) groups excluding carboxylic acids is 2. The van der Waals surface area contributed by atoms with Crippen molar-refractivity contribution in [1.29, 1.82) is 0 Å². The van der Waals surface area contributed by atoms with E-state index < -0.39 is 11.8 Å². The van der Waals surface area contributed by atoms with Crippen LogP contribution in [-0.4, -0.2) is 17.9 Å². The van der Waals surface area contributed by atoms with Gasteiger partial charge < -0.3 is 15.4 Å². The molecule has 0 spiro atoms. The maximum atomic E-state index is 12.2. The zero-order valence-electron chi connectivity index (χ0n) is 15.0. The number of benzene rings is 2. The maximum absolute atomic E-state index is 12.2. The van der Waals surface area contributed by atoms with E-state index in [1.54, 1.807) is 30.3 Å². The Morgan fingerprint density at radius 3 is 2.04 bits per heavy atom. The van der Waals surface area contributed by atoms with Gasteiger partial charge in [0.25, 0.3) is 0 Å². The van der Waals surface area contributed by atoms with Crippen LogP contribution < -0.4 is 15.4 Å². The molecule has 0 fully saturated rings. The van der Waals surface area contributed by atoms with Crippen molar-refractivity contribution in [2.75, 3.05) is 10.6 Å². The largest absolute Gasteiger partial charge is 0.489 e. The van der Waals surface area contributed by atoms with Gasteiger partial charge in [-0.25, -0.2) is 0 Å². The minimum Gasteiger partial charge on any atom is -0.489 e. The molecule has 0 aromatic heterocycles. The summed E-state index contributed by atoms with van der Waals surface area (Å²) in [5.41, 5.74) is 2.21. The van der Waals surface area contributed by atoms with Crippen molar-refractivity contribution in [1.82, 2.24) is 0 Å². The summed E-state index contributed by atoms with van der Waals surface area (Å²) >= 11 is 0. The number of rotatable bonds is 5. The fraction of sp³-hybridized carbons (Fsp3) is 0.300. The van der Waals surface area contributed by atoms with E-state index in [1.165, 1.54) is 5.56 Å². The van der Waals surface area contributed by atoms with Crippen LogP contribution in [-0.2, 0) is 9.59 Å². The summed E-state index contributed by atoms with van der Waals surface area (Å²) in [7, 11) is 0. The second-order valence-corrected chi connectivity index (χ2v) is 6.35. The molecule has 0 radical (unpaired) electrons. The summed E-state index contributed by atoms with van der Waals surface area (Å²) in [6.45, 7) is 7.98. The van der Waals surface area contributed by atoms with Crippen LogP contribution in [0.1, 0.15) is 39.2 Å². The van der Waals surface area contributed by atoms with Crippen LogP contribution in [0.4, 0.5) is 11.4 Å². The van der Waals surface area contributed by atoms with Crippen LogP contribution in [0.15, 0.2) is 48.5 Å². The van der Waals surface area contributed by atoms with E-state index >= 15 is 0 Å². The number of ether oxygens (including phenoxy) is 1. The van der Waals surface area contributed by atoms with Gasteiger partial charge in [-0.05, 0) is 49.6 Å². The van der Waals surface area contributed by atoms with Crippen LogP contribution in [0.2, 0.25) is 0 Å². The first-order valence-electron chi connectivity index (χ1n) is 8.34. The molecule has 0 saturated carbocycles. The SMILES string of the molecule is CC(C)Oc1ccccc1NC(=O)C(=O)Nc1ccc(C(C)C)cc1. The Labute approximate surface area is 148 Å². The predicted octanol–water partition coefficient (Wildman–Crippen LogP) is 4.17. The Balaban J connectivity index is 2.02. The number of amides is 2. The molecule has 0 aliphatic heterocycles. The van der Waals surface area contributed by atoms with Gasteiger partial charge in [0, 0.05) is 5.69 Å². The Morgan fingerprint density at radius 2 is 1.44 bits per heavy atom. The average Bonchev–Trinajstić information content (AvgIpc) is 2.56. The Hall–Kier alpha value is -2.82. The van der Waals surface area contributed by atoms with Gasteiger partial charge in [-0.1, -0.05) is 38.1 Å². The summed E-state index contributed by atoms with van der Waals surface area (Å²) in [6.07, 6.45) is -0.0358. The minimum atomic E-state index is -0.743. The zero-order valence-corrected chi connectivity index (χ0v) is 15.0. The van der Waals surface area contributed by atoms with Crippen molar-refractivity contribution in [2.45, 2.75) is 39.7 Å². The Kier molecular flexibility index (Phi) is 6.17. The van der Waals surface area contributed by atoms with Gasteiger partial charge in [0.1, 0.15) is 5.75 Å². The molecule has 0 aliphatic carbocycles. The average molecular weight is 340 g/mol. The number of carbonyl (C=O) groups is 2. The van der Waals surface area contributed by atoms with Crippen LogP contribution in [0.5, 0.6) is 5.75 Å². The number of hydrogen-bond donors (Lipinski definition) is 2. The molecule has 2 N–H and O–H groups in total. The van der Waals surface area contributed by atoms with E-state index in [0.29, 0.717) is 23.0 Å². The lowest BCUT2D eigenvalue weighted by Crippen LogP contribution is -2.29. The van der Waals surface area contributed by atoms with E-state index in [-0.39, 0.29) is 6.10 Å². The first-order valence-corrected chi connectivity index (χ1v) is 8.34. The highest BCUT2D eigenvalue weighted by atomic mass is 16.5. The second kappa shape index (κ2) is 8.33. The summed E-state index contributed by atoms with van der Waals surface area (Å²) in [6, 6.07) is 14.5. The van der Waals surface area contributed by atoms with Crippen LogP contribution in [0.25, 0.3) is 0 Å². The molecule has 25 heavy (non-hydrogen) atoms.